The largest absolute Gasteiger partial charge is 0.356 e. The maximum absolute atomic E-state index is 12.5. The fraction of sp³-hybridized carbons (Fsp3) is 0.222. The van der Waals surface area contributed by atoms with Crippen LogP contribution in [-0.4, -0.2) is 40.8 Å². The zero-order valence-corrected chi connectivity index (χ0v) is 16.8. The molecule has 27 heavy (non-hydrogen) atoms. The van der Waals surface area contributed by atoms with Crippen LogP contribution in [0.5, 0.6) is 0 Å². The highest BCUT2D eigenvalue weighted by Gasteiger charge is 2.36. The van der Waals surface area contributed by atoms with E-state index in [0.29, 0.717) is 22.7 Å². The third kappa shape index (κ3) is 4.94. The molecule has 3 heterocycles. The van der Waals surface area contributed by atoms with Gasteiger partial charge in [-0.15, -0.1) is 22.7 Å². The number of hydrogen-bond donors (Lipinski definition) is 1. The average Bonchev–Trinajstić information content (AvgIpc) is 3.34. The molecule has 0 bridgehead atoms. The lowest BCUT2D eigenvalue weighted by Crippen LogP contribution is -2.33. The highest BCUT2D eigenvalue weighted by Crippen LogP contribution is 2.33. The van der Waals surface area contributed by atoms with E-state index >= 15 is 0 Å². The number of ketones is 1. The Morgan fingerprint density at radius 3 is 2.74 bits per heavy atom. The van der Waals surface area contributed by atoms with Gasteiger partial charge in [0, 0.05) is 23.2 Å². The van der Waals surface area contributed by atoms with Gasteiger partial charge in [0.05, 0.1) is 16.3 Å². The second-order valence-electron chi connectivity index (χ2n) is 5.71. The molecule has 2 aromatic rings. The molecule has 0 saturated carbocycles. The summed E-state index contributed by atoms with van der Waals surface area (Å²) in [5.41, 5.74) is 0. The van der Waals surface area contributed by atoms with Crippen molar-refractivity contribution in [2.24, 2.45) is 0 Å². The Morgan fingerprint density at radius 2 is 2.04 bits per heavy atom. The molecular formula is C18H16N2O4S3. The van der Waals surface area contributed by atoms with Gasteiger partial charge in [-0.25, -0.2) is 0 Å². The number of hydrogen-bond acceptors (Lipinski definition) is 7. The summed E-state index contributed by atoms with van der Waals surface area (Å²) < 4.78 is 0. The van der Waals surface area contributed by atoms with Crippen LogP contribution in [0, 0.1) is 0 Å². The lowest BCUT2D eigenvalue weighted by molar-refractivity contribution is -0.122. The molecular weight excluding hydrogens is 404 g/mol. The van der Waals surface area contributed by atoms with Crippen molar-refractivity contribution in [2.45, 2.75) is 13.3 Å². The van der Waals surface area contributed by atoms with Crippen LogP contribution in [0.1, 0.15) is 26.3 Å². The number of rotatable bonds is 7. The fourth-order valence-electron chi connectivity index (χ4n) is 2.38. The van der Waals surface area contributed by atoms with E-state index in [1.165, 1.54) is 29.6 Å². The van der Waals surface area contributed by atoms with Crippen molar-refractivity contribution in [3.63, 3.8) is 0 Å². The van der Waals surface area contributed by atoms with E-state index in [2.05, 4.69) is 5.32 Å². The number of imide groups is 1. The van der Waals surface area contributed by atoms with E-state index in [9.17, 15) is 19.2 Å². The summed E-state index contributed by atoms with van der Waals surface area (Å²) in [6, 6.07) is 7.24. The number of carbonyl (C=O) groups excluding carboxylic acids is 4. The molecule has 0 aliphatic carbocycles. The number of amides is 3. The Bertz CT molecular complexity index is 915. The predicted octanol–water partition coefficient (Wildman–Crippen LogP) is 3.41. The zero-order chi connectivity index (χ0) is 19.4. The van der Waals surface area contributed by atoms with Gasteiger partial charge in [-0.05, 0) is 47.8 Å². The first kappa shape index (κ1) is 19.5. The minimum atomic E-state index is -0.436. The molecule has 0 aromatic carbocycles. The van der Waals surface area contributed by atoms with Gasteiger partial charge >= 0.3 is 0 Å². The second-order valence-corrected chi connectivity index (χ2v) is 8.85. The van der Waals surface area contributed by atoms with Gasteiger partial charge < -0.3 is 5.32 Å². The average molecular weight is 421 g/mol. The van der Waals surface area contributed by atoms with Crippen LogP contribution in [0.2, 0.25) is 0 Å². The van der Waals surface area contributed by atoms with Gasteiger partial charge in [-0.3, -0.25) is 24.1 Å². The summed E-state index contributed by atoms with van der Waals surface area (Å²) in [6.45, 7) is 1.69. The minimum Gasteiger partial charge on any atom is -0.356 e. The van der Waals surface area contributed by atoms with E-state index in [0.717, 1.165) is 26.4 Å². The van der Waals surface area contributed by atoms with Crippen molar-refractivity contribution in [3.05, 3.63) is 49.2 Å². The van der Waals surface area contributed by atoms with Gasteiger partial charge in [0.25, 0.3) is 11.1 Å². The van der Waals surface area contributed by atoms with Gasteiger partial charge in [0.15, 0.2) is 5.78 Å². The van der Waals surface area contributed by atoms with Crippen LogP contribution in [-0.2, 0) is 16.0 Å². The van der Waals surface area contributed by atoms with Gasteiger partial charge in [0.2, 0.25) is 5.91 Å². The summed E-state index contributed by atoms with van der Waals surface area (Å²) in [6.07, 6.45) is 2.30. The molecule has 0 spiro atoms. The smallest absolute Gasteiger partial charge is 0.293 e. The van der Waals surface area contributed by atoms with E-state index < -0.39 is 11.1 Å². The summed E-state index contributed by atoms with van der Waals surface area (Å²) >= 11 is 3.64. The zero-order valence-electron chi connectivity index (χ0n) is 14.4. The molecule has 3 amide bonds. The summed E-state index contributed by atoms with van der Waals surface area (Å²) in [4.78, 5) is 51.6. The molecule has 1 N–H and O–H groups in total. The first-order valence-electron chi connectivity index (χ1n) is 8.09. The quantitative estimate of drug-likeness (QED) is 0.548. The highest BCUT2D eigenvalue weighted by molar-refractivity contribution is 8.18. The van der Waals surface area contributed by atoms with Crippen LogP contribution in [0.25, 0.3) is 6.08 Å². The van der Waals surface area contributed by atoms with E-state index in [1.807, 2.05) is 23.6 Å². The first-order chi connectivity index (χ1) is 12.9. The normalized spacial score (nSPS) is 15.6. The van der Waals surface area contributed by atoms with Crippen molar-refractivity contribution in [1.29, 1.82) is 0 Å². The molecule has 1 saturated heterocycles. The maximum Gasteiger partial charge on any atom is 0.293 e. The molecule has 1 aliphatic heterocycles. The Hall–Kier alpha value is -2.23. The van der Waals surface area contributed by atoms with Crippen molar-refractivity contribution >= 4 is 63.3 Å². The number of Topliss-reactive ketones (excluding diaryl/α,β-unsaturated/α-hetero) is 1. The van der Waals surface area contributed by atoms with Crippen LogP contribution in [0.3, 0.4) is 0 Å². The van der Waals surface area contributed by atoms with Crippen LogP contribution < -0.4 is 5.32 Å². The van der Waals surface area contributed by atoms with Gasteiger partial charge in [-0.2, -0.15) is 0 Å². The summed E-state index contributed by atoms with van der Waals surface area (Å²) in [5, 5.41) is 4.16. The molecule has 9 heteroatoms. The second kappa shape index (κ2) is 8.64. The van der Waals surface area contributed by atoms with Crippen molar-refractivity contribution < 1.29 is 19.2 Å². The van der Waals surface area contributed by atoms with Crippen molar-refractivity contribution in [1.82, 2.24) is 10.2 Å². The SMILES string of the molecule is CC(=O)NCCc1ccc(C(=O)CN2C(=O)S/C(=C\c3cccs3)C2=O)s1. The molecule has 0 radical (unpaired) electrons. The molecule has 3 rings (SSSR count). The lowest BCUT2D eigenvalue weighted by Gasteiger charge is -2.10. The summed E-state index contributed by atoms with van der Waals surface area (Å²) in [5.74, 6) is -0.808. The monoisotopic (exact) mass is 420 g/mol. The molecule has 0 unspecified atom stereocenters. The van der Waals surface area contributed by atoms with Crippen LogP contribution in [0.15, 0.2) is 34.6 Å². The molecule has 2 aromatic heterocycles. The number of thiophene rings is 2. The maximum atomic E-state index is 12.5. The first-order valence-corrected chi connectivity index (χ1v) is 10.6. The Morgan fingerprint density at radius 1 is 1.22 bits per heavy atom. The number of thioether (sulfide) groups is 1. The molecule has 6 nitrogen and oxygen atoms in total. The van der Waals surface area contributed by atoms with Crippen LogP contribution in [0.4, 0.5) is 4.79 Å². The minimum absolute atomic E-state index is 0.0992. The van der Waals surface area contributed by atoms with E-state index in [-0.39, 0.29) is 18.2 Å². The van der Waals surface area contributed by atoms with E-state index in [4.69, 9.17) is 0 Å². The van der Waals surface area contributed by atoms with Crippen molar-refractivity contribution in [2.75, 3.05) is 13.1 Å². The molecule has 140 valence electrons. The van der Waals surface area contributed by atoms with Crippen molar-refractivity contribution in [3.8, 4) is 0 Å². The standard InChI is InChI=1S/C18H16N2O4S3/c1-11(21)19-7-6-12-4-5-15(26-12)14(22)10-20-17(23)16(27-18(20)24)9-13-3-2-8-25-13/h2-5,8-9H,6-7,10H2,1H3,(H,19,21)/b16-9-. The number of carbonyl (C=O) groups is 4. The lowest BCUT2D eigenvalue weighted by atomic mass is 10.2. The van der Waals surface area contributed by atoms with Gasteiger partial charge in [-0.1, -0.05) is 6.07 Å². The number of nitrogens with zero attached hydrogens (tertiary/aromatic N) is 1. The third-order valence-electron chi connectivity index (χ3n) is 3.67. The van der Waals surface area contributed by atoms with Gasteiger partial charge in [0.1, 0.15) is 0 Å². The van der Waals surface area contributed by atoms with E-state index in [1.54, 1.807) is 12.1 Å². The van der Waals surface area contributed by atoms with Crippen LogP contribution >= 0.6 is 34.4 Å². The fourth-order valence-corrected chi connectivity index (χ4v) is 4.88. The molecule has 1 fully saturated rings. The summed E-state index contributed by atoms with van der Waals surface area (Å²) in [7, 11) is 0. The topological polar surface area (TPSA) is 83.6 Å². The Labute approximate surface area is 168 Å². The third-order valence-corrected chi connectivity index (χ3v) is 6.59. The Balaban J connectivity index is 1.62. The molecule has 1 aliphatic rings. The predicted molar refractivity (Wildman–Crippen MR) is 108 cm³/mol. The Kier molecular flexibility index (Phi) is 6.25. The highest BCUT2D eigenvalue weighted by atomic mass is 32.2. The molecule has 0 atom stereocenters. The number of nitrogens with one attached hydrogen (secondary N) is 1.